The van der Waals surface area contributed by atoms with Crippen molar-refractivity contribution in [3.05, 3.63) is 35.4 Å². The van der Waals surface area contributed by atoms with Gasteiger partial charge in [0.2, 0.25) is 0 Å². The molecule has 9 heteroatoms. The van der Waals surface area contributed by atoms with Crippen molar-refractivity contribution in [1.29, 1.82) is 0 Å². The average molecular weight is 523 g/mol. The molecule has 0 bridgehead atoms. The van der Waals surface area contributed by atoms with Gasteiger partial charge in [-0.1, -0.05) is 40.2 Å². The van der Waals surface area contributed by atoms with E-state index in [9.17, 15) is 0 Å². The highest BCUT2D eigenvalue weighted by molar-refractivity contribution is 9.08. The molecule has 0 saturated carbocycles. The van der Waals surface area contributed by atoms with Crippen LogP contribution in [0.1, 0.15) is 11.1 Å². The summed E-state index contributed by atoms with van der Waals surface area (Å²) in [4.78, 5) is 0. The van der Waals surface area contributed by atoms with Gasteiger partial charge >= 0.3 is 0 Å². The maximum atomic E-state index is 5.60. The predicted molar refractivity (Wildman–Crippen MR) is 126 cm³/mol. The Morgan fingerprint density at radius 1 is 0.469 bits per heavy atom. The lowest BCUT2D eigenvalue weighted by molar-refractivity contribution is -0.0226. The molecule has 0 unspecified atom stereocenters. The van der Waals surface area contributed by atoms with E-state index in [4.69, 9.17) is 37.9 Å². The number of hydrogen-bond acceptors (Lipinski definition) is 8. The summed E-state index contributed by atoms with van der Waals surface area (Å²) < 4.78 is 43.0. The molecule has 0 spiro atoms. The number of rotatable bonds is 24. The maximum Gasteiger partial charge on any atom is 0.0718 e. The molecule has 1 aromatic carbocycles. The van der Waals surface area contributed by atoms with Crippen LogP contribution in [0.15, 0.2) is 24.3 Å². The Balaban J connectivity index is 1.70. The molecule has 1 aromatic rings. The van der Waals surface area contributed by atoms with Crippen LogP contribution in [0.2, 0.25) is 0 Å². The molecule has 8 nitrogen and oxygen atoms in total. The second kappa shape index (κ2) is 23.5. The fourth-order valence-corrected chi connectivity index (χ4v) is 2.75. The molecule has 0 aliphatic heterocycles. The first-order chi connectivity index (χ1) is 15.9. The monoisotopic (exact) mass is 522 g/mol. The van der Waals surface area contributed by atoms with Crippen molar-refractivity contribution in [3.63, 3.8) is 0 Å². The van der Waals surface area contributed by atoms with Gasteiger partial charge in [0, 0.05) is 12.4 Å². The van der Waals surface area contributed by atoms with Crippen LogP contribution in [-0.4, -0.2) is 99.6 Å². The van der Waals surface area contributed by atoms with Crippen molar-refractivity contribution in [1.82, 2.24) is 0 Å². The van der Waals surface area contributed by atoms with Gasteiger partial charge in [-0.3, -0.25) is 0 Å². The zero-order chi connectivity index (χ0) is 23.0. The molecule has 32 heavy (non-hydrogen) atoms. The maximum absolute atomic E-state index is 5.60. The first kappa shape index (κ1) is 29.4. The van der Waals surface area contributed by atoms with Crippen molar-refractivity contribution < 1.29 is 37.9 Å². The van der Waals surface area contributed by atoms with E-state index >= 15 is 0 Å². The number of halogens is 1. The van der Waals surface area contributed by atoms with Crippen LogP contribution in [0.4, 0.5) is 0 Å². The summed E-state index contributed by atoms with van der Waals surface area (Å²) in [5.41, 5.74) is 2.42. The summed E-state index contributed by atoms with van der Waals surface area (Å²) >= 11 is 3.44. The number of methoxy groups -OCH3 is 1. The molecule has 186 valence electrons. The van der Waals surface area contributed by atoms with Gasteiger partial charge in [-0.25, -0.2) is 0 Å². The predicted octanol–water partition coefficient (Wildman–Crippen LogP) is 2.84. The molecule has 0 saturated heterocycles. The number of benzene rings is 1. The lowest BCUT2D eigenvalue weighted by Crippen LogP contribution is -2.14. The van der Waals surface area contributed by atoms with Gasteiger partial charge < -0.3 is 37.9 Å². The summed E-state index contributed by atoms with van der Waals surface area (Å²) in [6.07, 6.45) is 0. The second-order valence-electron chi connectivity index (χ2n) is 6.67. The smallest absolute Gasteiger partial charge is 0.0718 e. The number of ether oxygens (including phenoxy) is 8. The molecule has 0 aliphatic carbocycles. The second-order valence-corrected chi connectivity index (χ2v) is 7.23. The minimum absolute atomic E-state index is 0.537. The van der Waals surface area contributed by atoms with E-state index < -0.39 is 0 Å². The third-order valence-corrected chi connectivity index (χ3v) is 4.76. The molecule has 0 fully saturated rings. The SMILES string of the molecule is COCCOCCOCCOCCOCCOCCOCCOCc1ccc(CBr)cc1. The van der Waals surface area contributed by atoms with Gasteiger partial charge in [-0.05, 0) is 11.1 Å². The van der Waals surface area contributed by atoms with Crippen LogP contribution in [0.5, 0.6) is 0 Å². The van der Waals surface area contributed by atoms with Gasteiger partial charge in [0.15, 0.2) is 0 Å². The fourth-order valence-electron chi connectivity index (χ4n) is 2.38. The third-order valence-electron chi connectivity index (χ3n) is 4.11. The Hall–Kier alpha value is -0.620. The minimum atomic E-state index is 0.537. The molecule has 0 heterocycles. The molecule has 0 aromatic heterocycles. The van der Waals surface area contributed by atoms with Crippen molar-refractivity contribution >= 4 is 15.9 Å². The van der Waals surface area contributed by atoms with Gasteiger partial charge in [-0.2, -0.15) is 0 Å². The van der Waals surface area contributed by atoms with E-state index in [-0.39, 0.29) is 0 Å². The number of alkyl halides is 1. The Bertz CT molecular complexity index is 503. The Morgan fingerprint density at radius 3 is 1.12 bits per heavy atom. The highest BCUT2D eigenvalue weighted by Crippen LogP contribution is 2.08. The molecule has 0 amide bonds. The Morgan fingerprint density at radius 2 is 0.781 bits per heavy atom. The first-order valence-electron chi connectivity index (χ1n) is 11.0. The van der Waals surface area contributed by atoms with Crippen molar-refractivity contribution in [3.8, 4) is 0 Å². The lowest BCUT2D eigenvalue weighted by atomic mass is 10.2. The van der Waals surface area contributed by atoms with Gasteiger partial charge in [0.1, 0.15) is 0 Å². The van der Waals surface area contributed by atoms with Crippen LogP contribution in [0.25, 0.3) is 0 Å². The molecular formula is C23H39BrO8. The Kier molecular flexibility index (Phi) is 21.6. The fraction of sp³-hybridized carbons (Fsp3) is 0.739. The average Bonchev–Trinajstić information content (AvgIpc) is 2.82. The third kappa shape index (κ3) is 18.9. The normalized spacial score (nSPS) is 11.3. The molecule has 0 aliphatic rings. The zero-order valence-corrected chi connectivity index (χ0v) is 20.9. The van der Waals surface area contributed by atoms with E-state index in [0.717, 1.165) is 10.9 Å². The Labute approximate surface area is 200 Å². The quantitative estimate of drug-likeness (QED) is 0.151. The largest absolute Gasteiger partial charge is 0.382 e. The van der Waals surface area contributed by atoms with E-state index in [1.165, 1.54) is 5.56 Å². The summed E-state index contributed by atoms with van der Waals surface area (Å²) in [7, 11) is 1.65. The minimum Gasteiger partial charge on any atom is -0.382 e. The lowest BCUT2D eigenvalue weighted by Gasteiger charge is -2.08. The molecule has 0 radical (unpaired) electrons. The summed E-state index contributed by atoms with van der Waals surface area (Å²) in [6, 6.07) is 8.35. The van der Waals surface area contributed by atoms with Gasteiger partial charge in [0.25, 0.3) is 0 Å². The van der Waals surface area contributed by atoms with Crippen LogP contribution in [-0.2, 0) is 49.8 Å². The zero-order valence-electron chi connectivity index (χ0n) is 19.3. The van der Waals surface area contributed by atoms with Gasteiger partial charge in [0.05, 0.1) is 99.1 Å². The van der Waals surface area contributed by atoms with Crippen LogP contribution < -0.4 is 0 Å². The van der Waals surface area contributed by atoms with Crippen LogP contribution in [0.3, 0.4) is 0 Å². The number of hydrogen-bond donors (Lipinski definition) is 0. The summed E-state index contributed by atoms with van der Waals surface area (Å²) in [6.45, 7) is 8.37. The highest BCUT2D eigenvalue weighted by Gasteiger charge is 1.96. The molecular weight excluding hydrogens is 484 g/mol. The van der Waals surface area contributed by atoms with Gasteiger partial charge in [-0.15, -0.1) is 0 Å². The molecule has 1 rings (SSSR count). The molecule has 0 atom stereocenters. The summed E-state index contributed by atoms with van der Waals surface area (Å²) in [5.74, 6) is 0. The first-order valence-corrected chi connectivity index (χ1v) is 12.2. The van der Waals surface area contributed by atoms with Crippen LogP contribution >= 0.6 is 15.9 Å². The standard InChI is InChI=1S/C23H39BrO8/c1-25-6-7-26-8-9-27-10-11-28-12-13-29-14-15-30-16-17-31-18-19-32-21-23-4-2-22(20-24)3-5-23/h2-5H,6-21H2,1H3. The van der Waals surface area contributed by atoms with Crippen molar-refractivity contribution in [2.45, 2.75) is 11.9 Å². The van der Waals surface area contributed by atoms with E-state index in [0.29, 0.717) is 99.1 Å². The van der Waals surface area contributed by atoms with Crippen molar-refractivity contribution in [2.75, 3.05) is 99.6 Å². The van der Waals surface area contributed by atoms with E-state index in [1.807, 2.05) is 0 Å². The van der Waals surface area contributed by atoms with Crippen LogP contribution in [0, 0.1) is 0 Å². The van der Waals surface area contributed by atoms with E-state index in [2.05, 4.69) is 40.2 Å². The van der Waals surface area contributed by atoms with Crippen molar-refractivity contribution in [2.24, 2.45) is 0 Å². The highest BCUT2D eigenvalue weighted by atomic mass is 79.9. The van der Waals surface area contributed by atoms with E-state index in [1.54, 1.807) is 7.11 Å². The summed E-state index contributed by atoms with van der Waals surface area (Å²) in [5, 5.41) is 0.869. The molecule has 0 N–H and O–H groups in total. The topological polar surface area (TPSA) is 73.8 Å².